The van der Waals surface area contributed by atoms with Crippen LogP contribution in [-0.2, 0) is 0 Å². The van der Waals surface area contributed by atoms with E-state index in [4.69, 9.17) is 5.11 Å². The molecule has 1 unspecified atom stereocenters. The number of nitrogens with zero attached hydrogens (tertiary/aromatic N) is 1. The van der Waals surface area contributed by atoms with Gasteiger partial charge < -0.3 is 15.3 Å². The molecule has 1 rings (SSSR count). The second-order valence-corrected chi connectivity index (χ2v) is 4.34. The van der Waals surface area contributed by atoms with Crippen molar-refractivity contribution >= 4 is 5.69 Å². The summed E-state index contributed by atoms with van der Waals surface area (Å²) < 4.78 is 0. The Morgan fingerprint density at radius 2 is 2.06 bits per heavy atom. The minimum absolute atomic E-state index is 0.245. The highest BCUT2D eigenvalue weighted by Crippen LogP contribution is 2.25. The lowest BCUT2D eigenvalue weighted by Crippen LogP contribution is -2.24. The summed E-state index contributed by atoms with van der Waals surface area (Å²) in [6.45, 7) is 6.40. The molecule has 3 nitrogen and oxygen atoms in total. The van der Waals surface area contributed by atoms with Gasteiger partial charge in [-0.15, -0.1) is 0 Å². The summed E-state index contributed by atoms with van der Waals surface area (Å²) in [6.07, 6.45) is 0.806. The van der Waals surface area contributed by atoms with Crippen molar-refractivity contribution in [3.8, 4) is 0 Å². The van der Waals surface area contributed by atoms with E-state index < -0.39 is 0 Å². The second-order valence-electron chi connectivity index (χ2n) is 4.34. The summed E-state index contributed by atoms with van der Waals surface area (Å²) in [5.74, 6) is 0. The number of nitrogens with one attached hydrogen (secondary N) is 1. The van der Waals surface area contributed by atoms with Gasteiger partial charge in [-0.1, -0.05) is 25.1 Å². The monoisotopic (exact) mass is 236 g/mol. The maximum absolute atomic E-state index is 8.89. The molecule has 0 spiro atoms. The van der Waals surface area contributed by atoms with Crippen LogP contribution < -0.4 is 10.2 Å². The Labute approximate surface area is 104 Å². The number of hydrogen-bond donors (Lipinski definition) is 2. The first-order chi connectivity index (χ1) is 8.20. The molecule has 0 aliphatic heterocycles. The minimum atomic E-state index is 0.245. The van der Waals surface area contributed by atoms with Crippen LogP contribution in [0.2, 0.25) is 0 Å². The molecule has 0 fully saturated rings. The van der Waals surface area contributed by atoms with E-state index in [2.05, 4.69) is 55.4 Å². The predicted molar refractivity (Wildman–Crippen MR) is 73.5 cm³/mol. The lowest BCUT2D eigenvalue weighted by Gasteiger charge is -2.25. The van der Waals surface area contributed by atoms with E-state index in [9.17, 15) is 0 Å². The smallest absolute Gasteiger partial charge is 0.0447 e. The van der Waals surface area contributed by atoms with Gasteiger partial charge in [0.1, 0.15) is 0 Å². The zero-order valence-corrected chi connectivity index (χ0v) is 11.1. The molecule has 0 heterocycles. The fourth-order valence-electron chi connectivity index (χ4n) is 2.05. The molecular weight excluding hydrogens is 212 g/mol. The van der Waals surface area contributed by atoms with Crippen molar-refractivity contribution in [2.75, 3.05) is 31.6 Å². The van der Waals surface area contributed by atoms with Crippen LogP contribution in [0.5, 0.6) is 0 Å². The van der Waals surface area contributed by atoms with Crippen molar-refractivity contribution in [2.45, 2.75) is 26.3 Å². The highest BCUT2D eigenvalue weighted by atomic mass is 16.3. The van der Waals surface area contributed by atoms with Gasteiger partial charge in [0.25, 0.3) is 0 Å². The molecule has 1 aromatic carbocycles. The third-order valence-corrected chi connectivity index (χ3v) is 2.98. The third kappa shape index (κ3) is 4.02. The molecule has 0 aliphatic carbocycles. The zero-order chi connectivity index (χ0) is 12.7. The average Bonchev–Trinajstić information content (AvgIpc) is 2.36. The van der Waals surface area contributed by atoms with Gasteiger partial charge in [-0.3, -0.25) is 0 Å². The van der Waals surface area contributed by atoms with Crippen LogP contribution >= 0.6 is 0 Å². The largest absolute Gasteiger partial charge is 0.396 e. The lowest BCUT2D eigenvalue weighted by atomic mass is 10.1. The van der Waals surface area contributed by atoms with Crippen LogP contribution in [0.1, 0.15) is 31.9 Å². The summed E-state index contributed by atoms with van der Waals surface area (Å²) in [5.41, 5.74) is 2.56. The van der Waals surface area contributed by atoms with Crippen molar-refractivity contribution in [1.29, 1.82) is 0 Å². The summed E-state index contributed by atoms with van der Waals surface area (Å²) in [7, 11) is 2.08. The van der Waals surface area contributed by atoms with Crippen molar-refractivity contribution in [3.05, 3.63) is 29.8 Å². The highest BCUT2D eigenvalue weighted by Gasteiger charge is 2.11. The standard InChI is InChI=1S/C14H24N2O/c1-4-15-12(2)13-8-5-6-9-14(13)16(3)10-7-11-17/h5-6,8-9,12,15,17H,4,7,10-11H2,1-3H3. The van der Waals surface area contributed by atoms with Gasteiger partial charge in [0.05, 0.1) is 0 Å². The average molecular weight is 236 g/mol. The Kier molecular flexibility index (Phi) is 6.01. The fourth-order valence-corrected chi connectivity index (χ4v) is 2.05. The van der Waals surface area contributed by atoms with Crippen LogP contribution in [0.25, 0.3) is 0 Å². The van der Waals surface area contributed by atoms with Gasteiger partial charge >= 0.3 is 0 Å². The molecule has 1 atom stereocenters. The fraction of sp³-hybridized carbons (Fsp3) is 0.571. The Hall–Kier alpha value is -1.06. The van der Waals surface area contributed by atoms with E-state index in [-0.39, 0.29) is 6.61 Å². The highest BCUT2D eigenvalue weighted by molar-refractivity contribution is 5.54. The van der Waals surface area contributed by atoms with Crippen molar-refractivity contribution in [3.63, 3.8) is 0 Å². The van der Waals surface area contributed by atoms with Crippen molar-refractivity contribution in [2.24, 2.45) is 0 Å². The molecule has 1 aromatic rings. The Bertz CT molecular complexity index is 328. The van der Waals surface area contributed by atoms with Crippen molar-refractivity contribution in [1.82, 2.24) is 5.32 Å². The minimum Gasteiger partial charge on any atom is -0.396 e. The Morgan fingerprint density at radius 3 is 2.71 bits per heavy atom. The summed E-state index contributed by atoms with van der Waals surface area (Å²) in [4.78, 5) is 2.21. The molecule has 3 heteroatoms. The van der Waals surface area contributed by atoms with Gasteiger partial charge in [-0.25, -0.2) is 0 Å². The quantitative estimate of drug-likeness (QED) is 0.761. The molecule has 17 heavy (non-hydrogen) atoms. The van der Waals surface area contributed by atoms with Gasteiger partial charge in [0.2, 0.25) is 0 Å². The van der Waals surface area contributed by atoms with Gasteiger partial charge in [-0.05, 0) is 31.5 Å². The van der Waals surface area contributed by atoms with E-state index in [1.165, 1.54) is 11.3 Å². The summed E-state index contributed by atoms with van der Waals surface area (Å²) in [6, 6.07) is 8.80. The molecular formula is C14H24N2O. The van der Waals surface area contributed by atoms with E-state index in [1.807, 2.05) is 0 Å². The maximum Gasteiger partial charge on any atom is 0.0447 e. The number of aliphatic hydroxyl groups excluding tert-OH is 1. The van der Waals surface area contributed by atoms with Crippen LogP contribution in [0, 0.1) is 0 Å². The summed E-state index contributed by atoms with van der Waals surface area (Å²) in [5, 5.41) is 12.3. The molecule has 0 amide bonds. The third-order valence-electron chi connectivity index (χ3n) is 2.98. The van der Waals surface area contributed by atoms with E-state index in [1.54, 1.807) is 0 Å². The number of aliphatic hydroxyl groups is 1. The normalized spacial score (nSPS) is 12.5. The lowest BCUT2D eigenvalue weighted by molar-refractivity contribution is 0.290. The summed E-state index contributed by atoms with van der Waals surface area (Å²) >= 11 is 0. The SMILES string of the molecule is CCNC(C)c1ccccc1N(C)CCCO. The van der Waals surface area contributed by atoms with Gasteiger partial charge in [0, 0.05) is 31.9 Å². The van der Waals surface area contributed by atoms with Crippen LogP contribution in [-0.4, -0.2) is 31.9 Å². The first-order valence-electron chi connectivity index (χ1n) is 6.35. The molecule has 0 radical (unpaired) electrons. The maximum atomic E-state index is 8.89. The number of benzene rings is 1. The number of para-hydroxylation sites is 1. The number of anilines is 1. The second kappa shape index (κ2) is 7.30. The van der Waals surface area contributed by atoms with Gasteiger partial charge in [-0.2, -0.15) is 0 Å². The topological polar surface area (TPSA) is 35.5 Å². The van der Waals surface area contributed by atoms with Crippen LogP contribution in [0.3, 0.4) is 0 Å². The van der Waals surface area contributed by atoms with Crippen LogP contribution in [0.15, 0.2) is 24.3 Å². The molecule has 2 N–H and O–H groups in total. The predicted octanol–water partition coefficient (Wildman–Crippen LogP) is 2.18. The zero-order valence-electron chi connectivity index (χ0n) is 11.1. The first-order valence-corrected chi connectivity index (χ1v) is 6.35. The first kappa shape index (κ1) is 14.0. The number of rotatable bonds is 7. The molecule has 0 aliphatic rings. The van der Waals surface area contributed by atoms with E-state index >= 15 is 0 Å². The Balaban J connectivity index is 2.83. The van der Waals surface area contributed by atoms with E-state index in [0.29, 0.717) is 6.04 Å². The van der Waals surface area contributed by atoms with E-state index in [0.717, 1.165) is 19.5 Å². The van der Waals surface area contributed by atoms with Crippen molar-refractivity contribution < 1.29 is 5.11 Å². The molecule has 0 aromatic heterocycles. The molecule has 0 bridgehead atoms. The molecule has 0 saturated carbocycles. The van der Waals surface area contributed by atoms with Crippen LogP contribution in [0.4, 0.5) is 5.69 Å². The number of hydrogen-bond acceptors (Lipinski definition) is 3. The Morgan fingerprint density at radius 1 is 1.35 bits per heavy atom. The molecule has 96 valence electrons. The molecule has 0 saturated heterocycles. The van der Waals surface area contributed by atoms with Gasteiger partial charge in [0.15, 0.2) is 0 Å².